The van der Waals surface area contributed by atoms with Crippen molar-refractivity contribution >= 4 is 11.8 Å². The first-order chi connectivity index (χ1) is 8.87. The minimum absolute atomic E-state index is 0.372. The fourth-order valence-electron chi connectivity index (χ4n) is 2.89. The topological polar surface area (TPSA) is 18.5 Å². The van der Waals surface area contributed by atoms with Crippen molar-refractivity contribution < 1.29 is 9.47 Å². The molecule has 2 rings (SSSR count). The molecule has 0 N–H and O–H groups in total. The van der Waals surface area contributed by atoms with E-state index < -0.39 is 0 Å². The second kappa shape index (κ2) is 7.44. The van der Waals surface area contributed by atoms with Gasteiger partial charge in [-0.3, -0.25) is 0 Å². The largest absolute Gasteiger partial charge is 0.476 e. The zero-order valence-electron chi connectivity index (χ0n) is 11.4. The fraction of sp³-hybridized carbons (Fsp3) is 0.867. The SMILES string of the molecule is C=COCOC1CCCCCCCCCC12CS2. The van der Waals surface area contributed by atoms with Crippen LogP contribution in [0.5, 0.6) is 0 Å². The summed E-state index contributed by atoms with van der Waals surface area (Å²) in [7, 11) is 0. The third-order valence-corrected chi connectivity index (χ3v) is 5.62. The molecule has 0 amide bonds. The summed E-state index contributed by atoms with van der Waals surface area (Å²) in [5.41, 5.74) is 0. The van der Waals surface area contributed by atoms with E-state index in [2.05, 4.69) is 18.3 Å². The Morgan fingerprint density at radius 2 is 1.78 bits per heavy atom. The zero-order valence-corrected chi connectivity index (χ0v) is 12.2. The molecule has 1 saturated heterocycles. The summed E-state index contributed by atoms with van der Waals surface area (Å²) in [4.78, 5) is 0. The Morgan fingerprint density at radius 3 is 2.44 bits per heavy atom. The van der Waals surface area contributed by atoms with E-state index in [-0.39, 0.29) is 0 Å². The van der Waals surface area contributed by atoms with Gasteiger partial charge >= 0.3 is 0 Å². The van der Waals surface area contributed by atoms with Crippen LogP contribution in [0.15, 0.2) is 12.8 Å². The van der Waals surface area contributed by atoms with Gasteiger partial charge < -0.3 is 9.47 Å². The van der Waals surface area contributed by atoms with E-state index in [4.69, 9.17) is 9.47 Å². The van der Waals surface area contributed by atoms with E-state index in [1.165, 1.54) is 69.8 Å². The van der Waals surface area contributed by atoms with Crippen molar-refractivity contribution in [1.82, 2.24) is 0 Å². The van der Waals surface area contributed by atoms with Gasteiger partial charge in [-0.1, -0.05) is 51.5 Å². The molecule has 0 aromatic carbocycles. The summed E-state index contributed by atoms with van der Waals surface area (Å²) >= 11 is 2.10. The quantitative estimate of drug-likeness (QED) is 0.324. The number of ether oxygens (including phenoxy) is 2. The Hall–Kier alpha value is -0.150. The van der Waals surface area contributed by atoms with Crippen LogP contribution in [0.1, 0.15) is 57.8 Å². The molecule has 1 aliphatic carbocycles. The first kappa shape index (κ1) is 14.3. The highest BCUT2D eigenvalue weighted by molar-refractivity contribution is 8.08. The minimum atomic E-state index is 0.372. The molecule has 2 nitrogen and oxygen atoms in total. The van der Waals surface area contributed by atoms with E-state index >= 15 is 0 Å². The van der Waals surface area contributed by atoms with Gasteiger partial charge in [0.1, 0.15) is 0 Å². The van der Waals surface area contributed by atoms with Gasteiger partial charge in [-0.15, -0.1) is 0 Å². The first-order valence-corrected chi connectivity index (χ1v) is 8.34. The number of hydrogen-bond donors (Lipinski definition) is 0. The Balaban J connectivity index is 1.85. The molecule has 1 saturated carbocycles. The van der Waals surface area contributed by atoms with E-state index in [0.717, 1.165) is 0 Å². The molecule has 0 aromatic rings. The maximum Gasteiger partial charge on any atom is 0.188 e. The number of hydrogen-bond acceptors (Lipinski definition) is 3. The average molecular weight is 270 g/mol. The van der Waals surface area contributed by atoms with Crippen LogP contribution in [0, 0.1) is 0 Å². The van der Waals surface area contributed by atoms with Gasteiger partial charge in [-0.05, 0) is 12.8 Å². The highest BCUT2D eigenvalue weighted by Gasteiger charge is 2.50. The molecule has 1 aliphatic heterocycles. The van der Waals surface area contributed by atoms with Gasteiger partial charge in [0, 0.05) is 5.75 Å². The van der Waals surface area contributed by atoms with Crippen LogP contribution >= 0.6 is 11.8 Å². The van der Waals surface area contributed by atoms with Crippen molar-refractivity contribution in [2.75, 3.05) is 12.5 Å². The molecule has 0 bridgehead atoms. The summed E-state index contributed by atoms with van der Waals surface area (Å²) in [6.07, 6.45) is 14.1. The molecule has 2 unspecified atom stereocenters. The second-order valence-electron chi connectivity index (χ2n) is 5.47. The highest BCUT2D eigenvalue weighted by Crippen LogP contribution is 2.53. The molecule has 0 radical (unpaired) electrons. The predicted octanol–water partition coefficient (Wildman–Crippen LogP) is 4.50. The maximum atomic E-state index is 5.96. The molecule has 3 heteroatoms. The molecule has 2 aliphatic rings. The van der Waals surface area contributed by atoms with Crippen LogP contribution in [0.4, 0.5) is 0 Å². The lowest BCUT2D eigenvalue weighted by molar-refractivity contribution is -0.0690. The van der Waals surface area contributed by atoms with E-state index in [0.29, 0.717) is 17.6 Å². The zero-order chi connectivity index (χ0) is 12.7. The molecule has 104 valence electrons. The van der Waals surface area contributed by atoms with Crippen LogP contribution < -0.4 is 0 Å². The third kappa shape index (κ3) is 4.20. The normalized spacial score (nSPS) is 33.7. The van der Waals surface area contributed by atoms with Crippen molar-refractivity contribution in [3.8, 4) is 0 Å². The standard InChI is InChI=1S/C15H26O2S/c1-2-16-13-17-14-10-8-6-4-3-5-7-9-11-15(14)12-18-15/h2,14H,1,3-13H2. The summed E-state index contributed by atoms with van der Waals surface area (Å²) in [6, 6.07) is 0. The molecule has 2 atom stereocenters. The summed E-state index contributed by atoms with van der Waals surface area (Å²) in [5.74, 6) is 1.28. The Morgan fingerprint density at radius 1 is 1.11 bits per heavy atom. The van der Waals surface area contributed by atoms with Gasteiger partial charge in [0.05, 0.1) is 17.1 Å². The second-order valence-corrected chi connectivity index (χ2v) is 6.86. The van der Waals surface area contributed by atoms with Crippen LogP contribution in [-0.4, -0.2) is 23.4 Å². The molecular weight excluding hydrogens is 244 g/mol. The van der Waals surface area contributed by atoms with Crippen molar-refractivity contribution in [1.29, 1.82) is 0 Å². The van der Waals surface area contributed by atoms with Gasteiger partial charge in [-0.25, -0.2) is 0 Å². The lowest BCUT2D eigenvalue weighted by atomic mass is 9.94. The highest BCUT2D eigenvalue weighted by atomic mass is 32.2. The van der Waals surface area contributed by atoms with Gasteiger partial charge in [0.2, 0.25) is 0 Å². The lowest BCUT2D eigenvalue weighted by Crippen LogP contribution is -2.32. The smallest absolute Gasteiger partial charge is 0.188 e. The van der Waals surface area contributed by atoms with Crippen LogP contribution in [0.2, 0.25) is 0 Å². The lowest BCUT2D eigenvalue weighted by Gasteiger charge is -2.25. The Bertz CT molecular complexity index is 251. The Labute approximate surface area is 115 Å². The molecule has 1 spiro atoms. The fourth-order valence-corrected chi connectivity index (χ4v) is 4.07. The number of thioether (sulfide) groups is 1. The molecule has 2 fully saturated rings. The van der Waals surface area contributed by atoms with Crippen molar-refractivity contribution in [3.63, 3.8) is 0 Å². The monoisotopic (exact) mass is 270 g/mol. The minimum Gasteiger partial charge on any atom is -0.476 e. The third-order valence-electron chi connectivity index (χ3n) is 4.12. The van der Waals surface area contributed by atoms with Crippen LogP contribution in [-0.2, 0) is 9.47 Å². The molecule has 18 heavy (non-hydrogen) atoms. The average Bonchev–Trinajstić information content (AvgIpc) is 3.16. The molecule has 1 heterocycles. The van der Waals surface area contributed by atoms with Crippen LogP contribution in [0.25, 0.3) is 0 Å². The van der Waals surface area contributed by atoms with Crippen molar-refractivity contribution in [2.45, 2.75) is 68.6 Å². The summed E-state index contributed by atoms with van der Waals surface area (Å²) in [5, 5.41) is 0. The van der Waals surface area contributed by atoms with Crippen molar-refractivity contribution in [2.24, 2.45) is 0 Å². The molecule has 0 aromatic heterocycles. The van der Waals surface area contributed by atoms with Crippen LogP contribution in [0.3, 0.4) is 0 Å². The first-order valence-electron chi connectivity index (χ1n) is 7.35. The van der Waals surface area contributed by atoms with Gasteiger partial charge in [-0.2, -0.15) is 11.8 Å². The Kier molecular flexibility index (Phi) is 5.90. The summed E-state index contributed by atoms with van der Waals surface area (Å²) < 4.78 is 11.5. The van der Waals surface area contributed by atoms with Gasteiger partial charge in [0.15, 0.2) is 6.79 Å². The maximum absolute atomic E-state index is 5.96. The van der Waals surface area contributed by atoms with Crippen molar-refractivity contribution in [3.05, 3.63) is 12.8 Å². The molecular formula is C15H26O2S. The van der Waals surface area contributed by atoms with Gasteiger partial charge in [0.25, 0.3) is 0 Å². The predicted molar refractivity (Wildman–Crippen MR) is 77.8 cm³/mol. The van der Waals surface area contributed by atoms with E-state index in [1.807, 2.05) is 0 Å². The number of rotatable bonds is 4. The summed E-state index contributed by atoms with van der Waals surface area (Å²) in [6.45, 7) is 3.93. The van der Waals surface area contributed by atoms with E-state index in [1.54, 1.807) is 0 Å². The van der Waals surface area contributed by atoms with E-state index in [9.17, 15) is 0 Å².